The molecule has 2 aromatic carbocycles. The van der Waals surface area contributed by atoms with E-state index in [1.54, 1.807) is 18.2 Å². The maximum absolute atomic E-state index is 12.8. The van der Waals surface area contributed by atoms with Gasteiger partial charge in [-0.2, -0.15) is 5.10 Å². The van der Waals surface area contributed by atoms with E-state index in [9.17, 15) is 9.59 Å². The van der Waals surface area contributed by atoms with Crippen molar-refractivity contribution < 1.29 is 4.79 Å². The third-order valence-corrected chi connectivity index (χ3v) is 4.68. The van der Waals surface area contributed by atoms with Crippen LogP contribution in [0.25, 0.3) is 10.8 Å². The Balaban J connectivity index is 0.00000210. The van der Waals surface area contributed by atoms with Gasteiger partial charge in [0.2, 0.25) is 0 Å². The molecule has 1 amide bonds. The Labute approximate surface area is 163 Å². The van der Waals surface area contributed by atoms with E-state index >= 15 is 0 Å². The minimum atomic E-state index is -0.241. The van der Waals surface area contributed by atoms with Gasteiger partial charge >= 0.3 is 0 Å². The fourth-order valence-corrected chi connectivity index (χ4v) is 3.08. The number of carbonyl (C=O) groups is 1. The number of amides is 1. The second-order valence-corrected chi connectivity index (χ2v) is 6.58. The fourth-order valence-electron chi connectivity index (χ4n) is 3.08. The summed E-state index contributed by atoms with van der Waals surface area (Å²) in [5, 5.41) is 11.6. The molecule has 1 saturated heterocycles. The molecule has 0 saturated carbocycles. The van der Waals surface area contributed by atoms with Crippen LogP contribution in [-0.4, -0.2) is 35.3 Å². The average Bonchev–Trinajstić information content (AvgIpc) is 2.63. The first kappa shape index (κ1) is 19.1. The molecule has 0 atom stereocenters. The summed E-state index contributed by atoms with van der Waals surface area (Å²) in [6.45, 7) is 2.78. The Morgan fingerprint density at radius 1 is 1.07 bits per heavy atom. The predicted octanol–water partition coefficient (Wildman–Crippen LogP) is 1.82. The van der Waals surface area contributed by atoms with Gasteiger partial charge in [0.1, 0.15) is 0 Å². The second-order valence-electron chi connectivity index (χ2n) is 6.58. The van der Waals surface area contributed by atoms with Crippen molar-refractivity contribution in [2.45, 2.75) is 6.54 Å². The standard InChI is InChI=1S/C20H20N4O2.ClH/c25-19(22-12-15-10-21-11-15)18-16-8-4-5-9-17(16)20(26)24(23-18)13-14-6-2-1-3-7-14;/h1-9,15,21H,10-13H2,(H,22,25);1H. The highest BCUT2D eigenvalue weighted by molar-refractivity contribution is 6.04. The van der Waals surface area contributed by atoms with Gasteiger partial charge in [0, 0.05) is 30.9 Å². The Bertz CT molecular complexity index is 1000. The highest BCUT2D eigenvalue weighted by Crippen LogP contribution is 2.14. The van der Waals surface area contributed by atoms with Gasteiger partial charge in [-0.25, -0.2) is 4.68 Å². The summed E-state index contributed by atoms with van der Waals surface area (Å²) >= 11 is 0. The second kappa shape index (κ2) is 8.33. The molecule has 27 heavy (non-hydrogen) atoms. The number of benzene rings is 2. The molecule has 2 N–H and O–H groups in total. The van der Waals surface area contributed by atoms with Crippen molar-refractivity contribution in [1.82, 2.24) is 20.4 Å². The molecule has 1 fully saturated rings. The summed E-state index contributed by atoms with van der Waals surface area (Å²) in [5.41, 5.74) is 1.07. The van der Waals surface area contributed by atoms with E-state index in [0.29, 0.717) is 35.5 Å². The molecule has 0 spiro atoms. The molecule has 1 aliphatic rings. The van der Waals surface area contributed by atoms with Gasteiger partial charge in [0.05, 0.1) is 11.9 Å². The molecule has 4 rings (SSSR count). The first-order valence-corrected chi connectivity index (χ1v) is 8.75. The van der Waals surface area contributed by atoms with Crippen LogP contribution in [0.4, 0.5) is 0 Å². The quantitative estimate of drug-likeness (QED) is 0.703. The Kier molecular flexibility index (Phi) is 5.88. The normalized spacial score (nSPS) is 13.6. The van der Waals surface area contributed by atoms with Gasteiger partial charge in [-0.1, -0.05) is 48.5 Å². The number of nitrogens with zero attached hydrogens (tertiary/aromatic N) is 2. The summed E-state index contributed by atoms with van der Waals surface area (Å²) in [4.78, 5) is 25.5. The van der Waals surface area contributed by atoms with Crippen molar-refractivity contribution in [3.63, 3.8) is 0 Å². The van der Waals surface area contributed by atoms with E-state index in [4.69, 9.17) is 0 Å². The van der Waals surface area contributed by atoms with Crippen LogP contribution in [0.2, 0.25) is 0 Å². The monoisotopic (exact) mass is 384 g/mol. The largest absolute Gasteiger partial charge is 0.350 e. The lowest BCUT2D eigenvalue weighted by molar-refractivity contribution is 0.0936. The first-order chi connectivity index (χ1) is 12.7. The van der Waals surface area contributed by atoms with Crippen LogP contribution in [0.5, 0.6) is 0 Å². The van der Waals surface area contributed by atoms with Crippen LogP contribution >= 0.6 is 12.4 Å². The highest BCUT2D eigenvalue weighted by Gasteiger charge is 2.20. The number of nitrogens with one attached hydrogen (secondary N) is 2. The van der Waals surface area contributed by atoms with Crippen LogP contribution < -0.4 is 16.2 Å². The van der Waals surface area contributed by atoms with Crippen LogP contribution in [0, 0.1) is 5.92 Å². The molecule has 3 aromatic rings. The van der Waals surface area contributed by atoms with E-state index in [1.807, 2.05) is 36.4 Å². The lowest BCUT2D eigenvalue weighted by Gasteiger charge is -2.27. The predicted molar refractivity (Wildman–Crippen MR) is 107 cm³/mol. The molecule has 1 aromatic heterocycles. The highest BCUT2D eigenvalue weighted by atomic mass is 35.5. The molecular formula is C20H21ClN4O2. The molecule has 0 unspecified atom stereocenters. The van der Waals surface area contributed by atoms with E-state index < -0.39 is 0 Å². The van der Waals surface area contributed by atoms with Crippen molar-refractivity contribution in [3.05, 3.63) is 76.2 Å². The van der Waals surface area contributed by atoms with Gasteiger partial charge in [0.15, 0.2) is 5.69 Å². The SMILES string of the molecule is Cl.O=C(NCC1CNC1)c1nn(Cc2ccccc2)c(=O)c2ccccc12. The number of hydrogen-bond acceptors (Lipinski definition) is 4. The van der Waals surface area contributed by atoms with Crippen LogP contribution in [0.15, 0.2) is 59.4 Å². The van der Waals surface area contributed by atoms with Crippen molar-refractivity contribution in [3.8, 4) is 0 Å². The Hall–Kier alpha value is -2.70. The van der Waals surface area contributed by atoms with E-state index in [0.717, 1.165) is 18.7 Å². The molecule has 0 radical (unpaired) electrons. The van der Waals surface area contributed by atoms with Gasteiger partial charge in [0.25, 0.3) is 11.5 Å². The summed E-state index contributed by atoms with van der Waals surface area (Å²) in [6.07, 6.45) is 0. The average molecular weight is 385 g/mol. The lowest BCUT2D eigenvalue weighted by atomic mass is 10.0. The van der Waals surface area contributed by atoms with Crippen molar-refractivity contribution >= 4 is 29.1 Å². The van der Waals surface area contributed by atoms with E-state index in [2.05, 4.69) is 15.7 Å². The number of aromatic nitrogens is 2. The third kappa shape index (κ3) is 4.02. The molecule has 0 bridgehead atoms. The summed E-state index contributed by atoms with van der Waals surface area (Å²) in [7, 11) is 0. The Morgan fingerprint density at radius 2 is 1.74 bits per heavy atom. The summed E-state index contributed by atoms with van der Waals surface area (Å²) < 4.78 is 1.37. The van der Waals surface area contributed by atoms with Gasteiger partial charge < -0.3 is 10.6 Å². The van der Waals surface area contributed by atoms with Crippen LogP contribution in [0.1, 0.15) is 16.1 Å². The minimum Gasteiger partial charge on any atom is -0.350 e. The summed E-state index contributed by atoms with van der Waals surface area (Å²) in [5.74, 6) is 0.218. The maximum Gasteiger partial charge on any atom is 0.274 e. The van der Waals surface area contributed by atoms with Crippen LogP contribution in [0.3, 0.4) is 0 Å². The zero-order valence-corrected chi connectivity index (χ0v) is 15.5. The van der Waals surface area contributed by atoms with Crippen molar-refractivity contribution in [2.75, 3.05) is 19.6 Å². The summed E-state index contributed by atoms with van der Waals surface area (Å²) in [6, 6.07) is 16.8. The fraction of sp³-hybridized carbons (Fsp3) is 0.250. The molecule has 0 aliphatic carbocycles. The van der Waals surface area contributed by atoms with Gasteiger partial charge in [-0.15, -0.1) is 12.4 Å². The number of halogens is 1. The minimum absolute atomic E-state index is 0. The van der Waals surface area contributed by atoms with Crippen molar-refractivity contribution in [2.24, 2.45) is 5.92 Å². The molecule has 6 nitrogen and oxygen atoms in total. The molecular weight excluding hydrogens is 364 g/mol. The smallest absolute Gasteiger partial charge is 0.274 e. The van der Waals surface area contributed by atoms with Crippen molar-refractivity contribution in [1.29, 1.82) is 0 Å². The van der Waals surface area contributed by atoms with Gasteiger partial charge in [-0.05, 0) is 11.6 Å². The maximum atomic E-state index is 12.8. The number of hydrogen-bond donors (Lipinski definition) is 2. The number of carbonyl (C=O) groups excluding carboxylic acids is 1. The zero-order valence-electron chi connectivity index (χ0n) is 14.7. The Morgan fingerprint density at radius 3 is 2.41 bits per heavy atom. The number of rotatable bonds is 5. The molecule has 7 heteroatoms. The lowest BCUT2D eigenvalue weighted by Crippen LogP contribution is -2.48. The van der Waals surface area contributed by atoms with E-state index in [1.165, 1.54) is 4.68 Å². The topological polar surface area (TPSA) is 76.0 Å². The number of fused-ring (bicyclic) bond motifs is 1. The van der Waals surface area contributed by atoms with Crippen LogP contribution in [-0.2, 0) is 6.54 Å². The molecule has 1 aliphatic heterocycles. The molecule has 2 heterocycles. The molecule has 140 valence electrons. The van der Waals surface area contributed by atoms with E-state index in [-0.39, 0.29) is 23.9 Å². The zero-order chi connectivity index (χ0) is 17.9. The first-order valence-electron chi connectivity index (χ1n) is 8.75. The van der Waals surface area contributed by atoms with Gasteiger partial charge in [-0.3, -0.25) is 9.59 Å². The third-order valence-electron chi connectivity index (χ3n) is 4.68.